The van der Waals surface area contributed by atoms with Crippen molar-refractivity contribution < 1.29 is 14.4 Å². The van der Waals surface area contributed by atoms with E-state index in [2.05, 4.69) is 28.4 Å². The number of hydrogen-bond acceptors (Lipinski definition) is 7. The molecule has 0 spiro atoms. The summed E-state index contributed by atoms with van der Waals surface area (Å²) in [4.78, 5) is 11.3. The van der Waals surface area contributed by atoms with Gasteiger partial charge in [0.1, 0.15) is 17.7 Å². The molecule has 4 aromatic carbocycles. The molecule has 1 aromatic heterocycles. The SMILES string of the molecule is COc1cc([C@@H](C[N+](=O)[O-])Sc2nnc(C)n2-c2ccccc2)ccc1OCc1cccc2ccccc12. The standard InChI is InChI=1S/C29H26N4O4S/c1-20-30-31-29(33(20)24-12-4-3-5-13-24)38-28(18-32(34)35)22-15-16-26(27(17-22)36-2)37-19-23-11-8-10-21-9-6-7-14-25(21)23/h3-17,28H,18-19H2,1-2H3/t28-/m1/s1. The minimum atomic E-state index is -0.517. The van der Waals surface area contributed by atoms with Crippen molar-refractivity contribution in [1.29, 1.82) is 0 Å². The lowest BCUT2D eigenvalue weighted by Gasteiger charge is -2.17. The lowest BCUT2D eigenvalue weighted by molar-refractivity contribution is -0.479. The second kappa shape index (κ2) is 11.4. The zero-order valence-electron chi connectivity index (χ0n) is 21.0. The summed E-state index contributed by atoms with van der Waals surface area (Å²) in [5.41, 5.74) is 2.69. The molecule has 5 rings (SSSR count). The van der Waals surface area contributed by atoms with Gasteiger partial charge in [-0.1, -0.05) is 78.5 Å². The molecule has 0 fully saturated rings. The molecule has 9 heteroatoms. The van der Waals surface area contributed by atoms with Gasteiger partial charge >= 0.3 is 0 Å². The number of benzene rings is 4. The van der Waals surface area contributed by atoms with Gasteiger partial charge in [0.25, 0.3) is 0 Å². The molecular formula is C29H26N4O4S. The molecule has 0 amide bonds. The van der Waals surface area contributed by atoms with Crippen LogP contribution < -0.4 is 9.47 Å². The van der Waals surface area contributed by atoms with Gasteiger partial charge in [-0.25, -0.2) is 0 Å². The Morgan fingerprint density at radius 1 is 0.947 bits per heavy atom. The van der Waals surface area contributed by atoms with Crippen molar-refractivity contribution >= 4 is 22.5 Å². The first kappa shape index (κ1) is 25.3. The molecule has 0 bridgehead atoms. The summed E-state index contributed by atoms with van der Waals surface area (Å²) in [7, 11) is 1.56. The molecule has 192 valence electrons. The summed E-state index contributed by atoms with van der Waals surface area (Å²) in [5.74, 6) is 1.78. The fraction of sp³-hybridized carbons (Fsp3) is 0.172. The molecule has 0 aliphatic heterocycles. The Morgan fingerprint density at radius 2 is 1.71 bits per heavy atom. The van der Waals surface area contributed by atoms with Crippen LogP contribution in [0.25, 0.3) is 16.5 Å². The fourth-order valence-corrected chi connectivity index (χ4v) is 5.51. The normalized spacial score (nSPS) is 11.8. The van der Waals surface area contributed by atoms with E-state index < -0.39 is 5.25 Å². The molecule has 0 unspecified atom stereocenters. The Bertz CT molecular complexity index is 1570. The van der Waals surface area contributed by atoms with Crippen molar-refractivity contribution in [3.8, 4) is 17.2 Å². The van der Waals surface area contributed by atoms with E-state index >= 15 is 0 Å². The minimum Gasteiger partial charge on any atom is -0.493 e. The van der Waals surface area contributed by atoms with Gasteiger partial charge in [0, 0.05) is 10.6 Å². The van der Waals surface area contributed by atoms with Crippen molar-refractivity contribution in [1.82, 2.24) is 14.8 Å². The Balaban J connectivity index is 1.41. The number of aromatic nitrogens is 3. The highest BCUT2D eigenvalue weighted by molar-refractivity contribution is 7.99. The van der Waals surface area contributed by atoms with E-state index in [0.717, 1.165) is 27.6 Å². The van der Waals surface area contributed by atoms with Crippen LogP contribution in [0, 0.1) is 17.0 Å². The number of nitro groups is 1. The minimum absolute atomic E-state index is 0.287. The van der Waals surface area contributed by atoms with Gasteiger partial charge < -0.3 is 9.47 Å². The molecule has 0 radical (unpaired) electrons. The van der Waals surface area contributed by atoms with Gasteiger partial charge in [0.15, 0.2) is 16.7 Å². The molecule has 0 saturated heterocycles. The first-order valence-corrected chi connectivity index (χ1v) is 12.9. The largest absolute Gasteiger partial charge is 0.493 e. The van der Waals surface area contributed by atoms with Gasteiger partial charge in [-0.3, -0.25) is 14.7 Å². The van der Waals surface area contributed by atoms with Crippen LogP contribution in [0.4, 0.5) is 0 Å². The number of para-hydroxylation sites is 1. The Morgan fingerprint density at radius 3 is 2.50 bits per heavy atom. The quantitative estimate of drug-likeness (QED) is 0.118. The molecule has 38 heavy (non-hydrogen) atoms. The number of ether oxygens (including phenoxy) is 2. The van der Waals surface area contributed by atoms with Crippen molar-refractivity contribution in [2.75, 3.05) is 13.7 Å². The third kappa shape index (κ3) is 5.47. The third-order valence-corrected chi connectivity index (χ3v) is 7.38. The van der Waals surface area contributed by atoms with Crippen LogP contribution in [0.2, 0.25) is 0 Å². The van der Waals surface area contributed by atoms with Crippen LogP contribution in [0.1, 0.15) is 22.2 Å². The summed E-state index contributed by atoms with van der Waals surface area (Å²) in [5, 5.41) is 22.5. The predicted molar refractivity (Wildman–Crippen MR) is 148 cm³/mol. The van der Waals surface area contributed by atoms with Crippen molar-refractivity contribution in [2.24, 2.45) is 0 Å². The number of nitrogens with zero attached hydrogens (tertiary/aromatic N) is 4. The molecule has 0 N–H and O–H groups in total. The van der Waals surface area contributed by atoms with Crippen molar-refractivity contribution in [2.45, 2.75) is 23.9 Å². The van der Waals surface area contributed by atoms with E-state index in [4.69, 9.17) is 9.47 Å². The lowest BCUT2D eigenvalue weighted by Crippen LogP contribution is -2.11. The van der Waals surface area contributed by atoms with E-state index in [1.807, 2.05) is 72.2 Å². The summed E-state index contributed by atoms with van der Waals surface area (Å²) >= 11 is 1.30. The monoisotopic (exact) mass is 526 g/mol. The molecule has 8 nitrogen and oxygen atoms in total. The van der Waals surface area contributed by atoms with Crippen LogP contribution in [-0.2, 0) is 6.61 Å². The predicted octanol–water partition coefficient (Wildman–Crippen LogP) is 6.43. The lowest BCUT2D eigenvalue weighted by atomic mass is 10.1. The van der Waals surface area contributed by atoms with E-state index in [1.165, 1.54) is 11.8 Å². The van der Waals surface area contributed by atoms with Crippen LogP contribution >= 0.6 is 11.8 Å². The van der Waals surface area contributed by atoms with Crippen molar-refractivity contribution in [3.63, 3.8) is 0 Å². The molecule has 5 aromatic rings. The summed E-state index contributed by atoms with van der Waals surface area (Å²) in [6.45, 7) is 1.94. The molecule has 0 aliphatic rings. The number of aryl methyl sites for hydroxylation is 1. The second-order valence-electron chi connectivity index (χ2n) is 8.66. The van der Waals surface area contributed by atoms with Crippen LogP contribution in [0.5, 0.6) is 11.5 Å². The van der Waals surface area contributed by atoms with Gasteiger partial charge in [0.2, 0.25) is 6.54 Å². The highest BCUT2D eigenvalue weighted by Gasteiger charge is 2.25. The first-order chi connectivity index (χ1) is 18.5. The average Bonchev–Trinajstić information content (AvgIpc) is 3.31. The van der Waals surface area contributed by atoms with Gasteiger partial charge in [-0.05, 0) is 53.1 Å². The zero-order chi connectivity index (χ0) is 26.5. The Labute approximate surface area is 224 Å². The van der Waals surface area contributed by atoms with E-state index in [9.17, 15) is 10.1 Å². The maximum absolute atomic E-state index is 11.6. The maximum atomic E-state index is 11.6. The molecule has 1 atom stereocenters. The fourth-order valence-electron chi connectivity index (χ4n) is 4.34. The molecule has 0 saturated carbocycles. The highest BCUT2D eigenvalue weighted by Crippen LogP contribution is 2.39. The Kier molecular flexibility index (Phi) is 7.55. The van der Waals surface area contributed by atoms with Gasteiger partial charge in [-0.15, -0.1) is 10.2 Å². The highest BCUT2D eigenvalue weighted by atomic mass is 32.2. The number of thioether (sulfide) groups is 1. The third-order valence-electron chi connectivity index (χ3n) is 6.19. The first-order valence-electron chi connectivity index (χ1n) is 12.1. The number of methoxy groups -OCH3 is 1. The molecule has 0 aliphatic carbocycles. The van der Waals surface area contributed by atoms with Crippen LogP contribution in [0.3, 0.4) is 0 Å². The number of rotatable bonds is 10. The Hall–Kier alpha value is -4.37. The molecule has 1 heterocycles. The smallest absolute Gasteiger partial charge is 0.220 e. The topological polar surface area (TPSA) is 92.3 Å². The van der Waals surface area contributed by atoms with Crippen molar-refractivity contribution in [3.05, 3.63) is 118 Å². The van der Waals surface area contributed by atoms with E-state index in [-0.39, 0.29) is 11.5 Å². The second-order valence-corrected chi connectivity index (χ2v) is 9.83. The zero-order valence-corrected chi connectivity index (χ0v) is 21.8. The summed E-state index contributed by atoms with van der Waals surface area (Å²) < 4.78 is 13.7. The molecular weight excluding hydrogens is 500 g/mol. The van der Waals surface area contributed by atoms with Crippen LogP contribution in [-0.4, -0.2) is 33.3 Å². The number of fused-ring (bicyclic) bond motifs is 1. The average molecular weight is 527 g/mol. The summed E-state index contributed by atoms with van der Waals surface area (Å²) in [6, 6.07) is 29.4. The van der Waals surface area contributed by atoms with Gasteiger partial charge in [0.05, 0.1) is 7.11 Å². The number of hydrogen-bond donors (Lipinski definition) is 0. The summed E-state index contributed by atoms with van der Waals surface area (Å²) in [6.07, 6.45) is 0. The maximum Gasteiger partial charge on any atom is 0.220 e. The van der Waals surface area contributed by atoms with E-state index in [0.29, 0.717) is 29.1 Å². The van der Waals surface area contributed by atoms with Gasteiger partial charge in [-0.2, -0.15) is 0 Å². The van der Waals surface area contributed by atoms with Crippen LogP contribution in [0.15, 0.2) is 96.2 Å². The van der Waals surface area contributed by atoms with E-state index in [1.54, 1.807) is 19.2 Å².